The van der Waals surface area contributed by atoms with Crippen molar-refractivity contribution in [2.24, 2.45) is 0 Å². The van der Waals surface area contributed by atoms with Gasteiger partial charge in [-0.05, 0) is 75.8 Å². The molecule has 5 aromatic carbocycles. The number of hydrogen-bond acceptors (Lipinski definition) is 2. The molecule has 0 radical (unpaired) electrons. The second kappa shape index (κ2) is 10.4. The van der Waals surface area contributed by atoms with Gasteiger partial charge >= 0.3 is 0 Å². The van der Waals surface area contributed by atoms with Crippen LogP contribution in [0.25, 0.3) is 22.3 Å². The van der Waals surface area contributed by atoms with Crippen LogP contribution in [0.15, 0.2) is 127 Å². The average molecular weight is 537 g/mol. The Hall–Kier alpha value is -3.98. The van der Waals surface area contributed by atoms with Gasteiger partial charge in [-0.1, -0.05) is 127 Å². The molecular formula is C39H36O2. The van der Waals surface area contributed by atoms with E-state index in [-0.39, 0.29) is 19.1 Å². The summed E-state index contributed by atoms with van der Waals surface area (Å²) < 4.78 is 0. The first kappa shape index (κ1) is 26.0. The van der Waals surface area contributed by atoms with Gasteiger partial charge in [0.25, 0.3) is 0 Å². The third kappa shape index (κ3) is 3.71. The molecule has 7 rings (SSSR count). The summed E-state index contributed by atoms with van der Waals surface area (Å²) in [6, 6.07) is 46.8. The van der Waals surface area contributed by atoms with Crippen molar-refractivity contribution in [3.05, 3.63) is 155 Å². The maximum Gasteiger partial charge on any atom is 0.0431 e. The van der Waals surface area contributed by atoms with Gasteiger partial charge in [-0.25, -0.2) is 0 Å². The summed E-state index contributed by atoms with van der Waals surface area (Å²) in [7, 11) is 0. The first-order valence-corrected chi connectivity index (χ1v) is 14.9. The molecule has 0 atom stereocenters. The summed E-state index contributed by atoms with van der Waals surface area (Å²) in [4.78, 5) is 0. The number of aliphatic hydroxyl groups is 2. The van der Waals surface area contributed by atoms with Crippen LogP contribution in [-0.2, 0) is 10.8 Å². The van der Waals surface area contributed by atoms with Gasteiger partial charge in [0.2, 0.25) is 0 Å². The average Bonchev–Trinajstić information content (AvgIpc) is 3.48. The fraction of sp³-hybridized carbons (Fsp3) is 0.231. The molecule has 2 heteroatoms. The monoisotopic (exact) mass is 536 g/mol. The molecule has 2 nitrogen and oxygen atoms in total. The van der Waals surface area contributed by atoms with Gasteiger partial charge in [0.15, 0.2) is 0 Å². The molecule has 204 valence electrons. The fourth-order valence-electron chi connectivity index (χ4n) is 8.52. The zero-order valence-electron chi connectivity index (χ0n) is 23.3. The molecule has 0 unspecified atom stereocenters. The standard InChI is InChI=1S/C39H36O2/c40-26-12-24-38(33-20-8-4-16-29(33)30-17-5-9-21-34(30)38)37(28-14-2-1-3-15-28)39(25-13-27-41)35-22-10-6-18-31(35)32-19-7-11-23-36(32)39/h1-11,14-23,37,40-41H,12-13,24-27H2. The van der Waals surface area contributed by atoms with E-state index in [2.05, 4.69) is 127 Å². The molecule has 0 spiro atoms. The Kier molecular flexibility index (Phi) is 6.61. The molecule has 2 aliphatic carbocycles. The smallest absolute Gasteiger partial charge is 0.0431 e. The van der Waals surface area contributed by atoms with Gasteiger partial charge in [0.1, 0.15) is 0 Å². The van der Waals surface area contributed by atoms with Crippen molar-refractivity contribution >= 4 is 0 Å². The minimum atomic E-state index is -0.392. The van der Waals surface area contributed by atoms with E-state index >= 15 is 0 Å². The summed E-state index contributed by atoms with van der Waals surface area (Å²) >= 11 is 0. The second-order valence-electron chi connectivity index (χ2n) is 11.6. The molecule has 0 aliphatic heterocycles. The predicted octanol–water partition coefficient (Wildman–Crippen LogP) is 8.25. The van der Waals surface area contributed by atoms with Crippen LogP contribution in [0.4, 0.5) is 0 Å². The molecule has 0 aromatic heterocycles. The van der Waals surface area contributed by atoms with E-state index in [0.29, 0.717) is 12.8 Å². The summed E-state index contributed by atoms with van der Waals surface area (Å²) in [5.41, 5.74) is 11.0. The number of fused-ring (bicyclic) bond motifs is 6. The van der Waals surface area contributed by atoms with Gasteiger partial charge in [0, 0.05) is 30.0 Å². The van der Waals surface area contributed by atoms with E-state index < -0.39 is 10.8 Å². The molecule has 41 heavy (non-hydrogen) atoms. The molecule has 0 saturated heterocycles. The number of aliphatic hydroxyl groups excluding tert-OH is 2. The second-order valence-corrected chi connectivity index (χ2v) is 11.6. The predicted molar refractivity (Wildman–Crippen MR) is 167 cm³/mol. The van der Waals surface area contributed by atoms with E-state index in [4.69, 9.17) is 0 Å². The highest BCUT2D eigenvalue weighted by molar-refractivity contribution is 5.86. The highest BCUT2D eigenvalue weighted by Gasteiger charge is 2.59. The van der Waals surface area contributed by atoms with Crippen molar-refractivity contribution < 1.29 is 10.2 Å². The van der Waals surface area contributed by atoms with E-state index in [9.17, 15) is 10.2 Å². The largest absolute Gasteiger partial charge is 0.396 e. The molecular weight excluding hydrogens is 500 g/mol. The number of hydrogen-bond donors (Lipinski definition) is 2. The molecule has 2 N–H and O–H groups in total. The third-order valence-electron chi connectivity index (χ3n) is 9.79. The van der Waals surface area contributed by atoms with Crippen molar-refractivity contribution in [3.8, 4) is 22.3 Å². The van der Waals surface area contributed by atoms with Gasteiger partial charge in [-0.2, -0.15) is 0 Å². The van der Waals surface area contributed by atoms with E-state index in [1.807, 2.05) is 0 Å². The van der Waals surface area contributed by atoms with E-state index in [1.165, 1.54) is 50.1 Å². The van der Waals surface area contributed by atoms with Crippen LogP contribution in [0.1, 0.15) is 59.4 Å². The Morgan fingerprint density at radius 1 is 0.415 bits per heavy atom. The lowest BCUT2D eigenvalue weighted by atomic mass is 9.50. The summed E-state index contributed by atoms with van der Waals surface area (Å²) in [6.07, 6.45) is 3.04. The molecule has 0 heterocycles. The Bertz CT molecular complexity index is 1490. The summed E-state index contributed by atoms with van der Waals surface area (Å²) in [6.45, 7) is 0.287. The van der Waals surface area contributed by atoms with Crippen LogP contribution in [0.5, 0.6) is 0 Å². The normalized spacial score (nSPS) is 15.3. The number of benzene rings is 5. The Balaban J connectivity index is 1.65. The lowest BCUT2D eigenvalue weighted by Gasteiger charge is -2.51. The van der Waals surface area contributed by atoms with Gasteiger partial charge in [-0.3, -0.25) is 0 Å². The molecule has 0 saturated carbocycles. The molecule has 0 amide bonds. The summed E-state index contributed by atoms with van der Waals surface area (Å²) in [5.74, 6) is 0.0175. The van der Waals surface area contributed by atoms with Gasteiger partial charge < -0.3 is 10.2 Å². The van der Waals surface area contributed by atoms with Crippen LogP contribution in [-0.4, -0.2) is 23.4 Å². The highest BCUT2D eigenvalue weighted by Crippen LogP contribution is 2.68. The van der Waals surface area contributed by atoms with Crippen LogP contribution in [0, 0.1) is 0 Å². The molecule has 0 bridgehead atoms. The van der Waals surface area contributed by atoms with Crippen LogP contribution >= 0.6 is 0 Å². The topological polar surface area (TPSA) is 40.5 Å². The minimum Gasteiger partial charge on any atom is -0.396 e. The van der Waals surface area contributed by atoms with Crippen LogP contribution in [0.2, 0.25) is 0 Å². The third-order valence-corrected chi connectivity index (χ3v) is 9.79. The fourth-order valence-corrected chi connectivity index (χ4v) is 8.52. The molecule has 0 fully saturated rings. The molecule has 2 aliphatic rings. The zero-order valence-corrected chi connectivity index (χ0v) is 23.3. The van der Waals surface area contributed by atoms with Crippen molar-refractivity contribution in [1.29, 1.82) is 0 Å². The maximum absolute atomic E-state index is 10.3. The van der Waals surface area contributed by atoms with Crippen LogP contribution < -0.4 is 0 Å². The first-order chi connectivity index (χ1) is 20.3. The SMILES string of the molecule is OCCCC1(C(c2ccccc2)C2(CCCO)c3ccccc3-c3ccccc32)c2ccccc2-c2ccccc21. The number of rotatable bonds is 9. The Morgan fingerprint density at radius 2 is 0.732 bits per heavy atom. The molecule has 5 aromatic rings. The van der Waals surface area contributed by atoms with E-state index in [1.54, 1.807) is 0 Å². The minimum absolute atomic E-state index is 0.0175. The Labute approximate surface area is 243 Å². The lowest BCUT2D eigenvalue weighted by Crippen LogP contribution is -2.47. The van der Waals surface area contributed by atoms with Crippen molar-refractivity contribution in [3.63, 3.8) is 0 Å². The van der Waals surface area contributed by atoms with E-state index in [0.717, 1.165) is 12.8 Å². The van der Waals surface area contributed by atoms with Crippen molar-refractivity contribution in [2.75, 3.05) is 13.2 Å². The lowest BCUT2D eigenvalue weighted by molar-refractivity contribution is 0.212. The van der Waals surface area contributed by atoms with Gasteiger partial charge in [0.05, 0.1) is 0 Å². The quantitative estimate of drug-likeness (QED) is 0.199. The van der Waals surface area contributed by atoms with Gasteiger partial charge in [-0.15, -0.1) is 0 Å². The van der Waals surface area contributed by atoms with Crippen LogP contribution in [0.3, 0.4) is 0 Å². The Morgan fingerprint density at radius 3 is 1.07 bits per heavy atom. The zero-order chi connectivity index (χ0) is 27.9. The van der Waals surface area contributed by atoms with Crippen molar-refractivity contribution in [2.45, 2.75) is 42.4 Å². The van der Waals surface area contributed by atoms with Crippen molar-refractivity contribution in [1.82, 2.24) is 0 Å². The summed E-state index contributed by atoms with van der Waals surface area (Å²) in [5, 5.41) is 20.7. The first-order valence-electron chi connectivity index (χ1n) is 14.9. The maximum atomic E-state index is 10.3. The highest BCUT2D eigenvalue weighted by atomic mass is 16.3.